The van der Waals surface area contributed by atoms with Crippen LogP contribution in [0.3, 0.4) is 0 Å². The first-order chi connectivity index (χ1) is 11.6. The Morgan fingerprint density at radius 1 is 1.12 bits per heavy atom. The molecule has 3 aromatic rings. The van der Waals surface area contributed by atoms with Crippen LogP contribution < -0.4 is 11.0 Å². The first-order valence-electron chi connectivity index (χ1n) is 7.48. The van der Waals surface area contributed by atoms with E-state index in [1.54, 1.807) is 24.3 Å². The van der Waals surface area contributed by atoms with Gasteiger partial charge >= 0.3 is 0 Å². The van der Waals surface area contributed by atoms with Gasteiger partial charge in [-0.3, -0.25) is 15.3 Å². The molecule has 0 fully saturated rings. The fourth-order valence-corrected chi connectivity index (χ4v) is 2.47. The zero-order valence-corrected chi connectivity index (χ0v) is 14.1. The maximum atomic E-state index is 12.6. The van der Waals surface area contributed by atoms with Gasteiger partial charge in [0.2, 0.25) is 0 Å². The molecule has 1 heterocycles. The monoisotopic (exact) mass is 340 g/mol. The molecule has 0 amide bonds. The zero-order valence-electron chi connectivity index (χ0n) is 13.4. The molecule has 122 valence electrons. The lowest BCUT2D eigenvalue weighted by atomic mass is 10.2. The van der Waals surface area contributed by atoms with Gasteiger partial charge in [0.1, 0.15) is 0 Å². The summed E-state index contributed by atoms with van der Waals surface area (Å²) in [5.41, 5.74) is 6.75. The molecule has 0 bridgehead atoms. The van der Waals surface area contributed by atoms with E-state index in [0.717, 1.165) is 22.6 Å². The molecule has 2 N–H and O–H groups in total. The summed E-state index contributed by atoms with van der Waals surface area (Å²) >= 11 is 5.89. The molecule has 0 saturated carbocycles. The molecule has 0 aliphatic carbocycles. The van der Waals surface area contributed by atoms with Crippen LogP contribution in [-0.2, 0) is 0 Å². The molecule has 0 spiro atoms. The number of halogens is 1. The quantitative estimate of drug-likeness (QED) is 0.559. The molecular formula is C18H17ClN4O. The summed E-state index contributed by atoms with van der Waals surface area (Å²) in [6, 6.07) is 14.9. The van der Waals surface area contributed by atoms with E-state index in [9.17, 15) is 4.79 Å². The van der Waals surface area contributed by atoms with E-state index < -0.39 is 0 Å². The lowest BCUT2D eigenvalue weighted by Crippen LogP contribution is -2.17. The Labute approximate surface area is 144 Å². The summed E-state index contributed by atoms with van der Waals surface area (Å²) in [4.78, 5) is 12.6. The smallest absolute Gasteiger partial charge is 0.280 e. The molecule has 0 radical (unpaired) electrons. The van der Waals surface area contributed by atoms with Crippen LogP contribution in [0.1, 0.15) is 16.8 Å². The van der Waals surface area contributed by atoms with E-state index in [0.29, 0.717) is 10.6 Å². The van der Waals surface area contributed by atoms with Gasteiger partial charge in [-0.15, -0.1) is 0 Å². The first kappa shape index (κ1) is 16.1. The number of hydrogen-bond acceptors (Lipinski definition) is 3. The molecule has 0 saturated heterocycles. The fraction of sp³-hybridized carbons (Fsp3) is 0.111. The van der Waals surface area contributed by atoms with Crippen molar-refractivity contribution in [2.45, 2.75) is 13.8 Å². The average molecular weight is 341 g/mol. The van der Waals surface area contributed by atoms with Gasteiger partial charge in [0.25, 0.3) is 5.56 Å². The highest BCUT2D eigenvalue weighted by Gasteiger charge is 2.10. The number of para-hydroxylation sites is 1. The lowest BCUT2D eigenvalue weighted by molar-refractivity contribution is 0.835. The number of aromatic amines is 1. The van der Waals surface area contributed by atoms with Gasteiger partial charge in [0.15, 0.2) is 0 Å². The van der Waals surface area contributed by atoms with Crippen LogP contribution in [0.2, 0.25) is 5.02 Å². The Morgan fingerprint density at radius 2 is 1.83 bits per heavy atom. The van der Waals surface area contributed by atoms with Gasteiger partial charge in [-0.05, 0) is 49.7 Å². The number of benzene rings is 2. The Kier molecular flexibility index (Phi) is 4.53. The summed E-state index contributed by atoms with van der Waals surface area (Å²) < 4.78 is 1.47. The number of hydrazone groups is 1. The largest absolute Gasteiger partial charge is 0.295 e. The van der Waals surface area contributed by atoms with Crippen molar-refractivity contribution >= 4 is 23.5 Å². The highest BCUT2D eigenvalue weighted by atomic mass is 35.5. The second-order valence-corrected chi connectivity index (χ2v) is 5.89. The molecule has 6 heteroatoms. The summed E-state index contributed by atoms with van der Waals surface area (Å²) in [5.74, 6) is 0. The van der Waals surface area contributed by atoms with Crippen molar-refractivity contribution in [3.8, 4) is 5.69 Å². The fourth-order valence-electron chi connectivity index (χ4n) is 2.35. The van der Waals surface area contributed by atoms with Crippen LogP contribution in [0, 0.1) is 13.8 Å². The van der Waals surface area contributed by atoms with Crippen molar-refractivity contribution in [3.05, 3.63) is 80.7 Å². The van der Waals surface area contributed by atoms with Crippen molar-refractivity contribution in [1.29, 1.82) is 0 Å². The van der Waals surface area contributed by atoms with Crippen molar-refractivity contribution < 1.29 is 0 Å². The second kappa shape index (κ2) is 6.76. The number of aryl methyl sites for hydroxylation is 2. The minimum atomic E-state index is -0.162. The van der Waals surface area contributed by atoms with Crippen LogP contribution in [0.4, 0.5) is 5.69 Å². The van der Waals surface area contributed by atoms with Crippen LogP contribution in [0.15, 0.2) is 58.4 Å². The molecule has 5 nitrogen and oxygen atoms in total. The Balaban J connectivity index is 1.87. The van der Waals surface area contributed by atoms with Crippen LogP contribution in [0.5, 0.6) is 0 Å². The topological polar surface area (TPSA) is 62.2 Å². The second-order valence-electron chi connectivity index (χ2n) is 5.45. The van der Waals surface area contributed by atoms with E-state index in [1.807, 2.05) is 38.1 Å². The number of anilines is 1. The van der Waals surface area contributed by atoms with E-state index in [4.69, 9.17) is 11.6 Å². The number of nitrogens with zero attached hydrogens (tertiary/aromatic N) is 2. The predicted octanol–water partition coefficient (Wildman–Crippen LogP) is 3.88. The summed E-state index contributed by atoms with van der Waals surface area (Å²) in [6.45, 7) is 3.83. The predicted molar refractivity (Wildman–Crippen MR) is 98.5 cm³/mol. The molecular weight excluding hydrogens is 324 g/mol. The molecule has 3 rings (SSSR count). The normalized spacial score (nSPS) is 11.1. The first-order valence-corrected chi connectivity index (χ1v) is 7.86. The average Bonchev–Trinajstić information content (AvgIpc) is 2.85. The maximum Gasteiger partial charge on any atom is 0.280 e. The Bertz CT molecular complexity index is 938. The maximum absolute atomic E-state index is 12.6. The van der Waals surface area contributed by atoms with Crippen LogP contribution in [-0.4, -0.2) is 16.0 Å². The van der Waals surface area contributed by atoms with Gasteiger partial charge in [-0.2, -0.15) is 5.10 Å². The van der Waals surface area contributed by atoms with Gasteiger partial charge in [-0.1, -0.05) is 29.8 Å². The van der Waals surface area contributed by atoms with E-state index >= 15 is 0 Å². The van der Waals surface area contributed by atoms with Crippen molar-refractivity contribution in [1.82, 2.24) is 9.78 Å². The van der Waals surface area contributed by atoms with Crippen LogP contribution in [0.25, 0.3) is 5.69 Å². The molecule has 0 atom stereocenters. The summed E-state index contributed by atoms with van der Waals surface area (Å²) in [6.07, 6.45) is 1.53. The highest BCUT2D eigenvalue weighted by molar-refractivity contribution is 6.30. The number of rotatable bonds is 4. The standard InChI is InChI=1S/C18H17ClN4O/c1-12-5-3-4-6-17(12)21-20-11-16-13(2)22-23(18(16)24)15-9-7-14(19)8-10-15/h3-11,21-22H,1-2H3. The minimum absolute atomic E-state index is 0.162. The Morgan fingerprint density at radius 3 is 2.54 bits per heavy atom. The SMILES string of the molecule is Cc1ccccc1NN=Cc1c(C)[nH]n(-c2ccc(Cl)cc2)c1=O. The molecule has 1 aromatic heterocycles. The number of H-pyrrole nitrogens is 1. The number of hydrogen-bond donors (Lipinski definition) is 2. The van der Waals surface area contributed by atoms with E-state index in [2.05, 4.69) is 15.6 Å². The zero-order chi connectivity index (χ0) is 17.1. The summed E-state index contributed by atoms with van der Waals surface area (Å²) in [7, 11) is 0. The molecule has 24 heavy (non-hydrogen) atoms. The minimum Gasteiger partial charge on any atom is -0.295 e. The number of aromatic nitrogens is 2. The molecule has 0 aliphatic heterocycles. The molecule has 2 aromatic carbocycles. The molecule has 0 aliphatic rings. The van der Waals surface area contributed by atoms with Gasteiger partial charge in [0.05, 0.1) is 23.2 Å². The summed E-state index contributed by atoms with van der Waals surface area (Å²) in [5, 5.41) is 7.86. The third-order valence-corrected chi connectivity index (χ3v) is 3.98. The van der Waals surface area contributed by atoms with Crippen LogP contribution >= 0.6 is 11.6 Å². The van der Waals surface area contributed by atoms with E-state index in [1.165, 1.54) is 10.9 Å². The third-order valence-electron chi connectivity index (χ3n) is 3.73. The lowest BCUT2D eigenvalue weighted by Gasteiger charge is -2.02. The van der Waals surface area contributed by atoms with Gasteiger partial charge in [-0.25, -0.2) is 4.68 Å². The number of nitrogens with one attached hydrogen (secondary N) is 2. The Hall–Kier alpha value is -2.79. The highest BCUT2D eigenvalue weighted by Crippen LogP contribution is 2.14. The third kappa shape index (κ3) is 3.26. The van der Waals surface area contributed by atoms with Crippen molar-refractivity contribution in [3.63, 3.8) is 0 Å². The molecule has 0 unspecified atom stereocenters. The van der Waals surface area contributed by atoms with E-state index in [-0.39, 0.29) is 5.56 Å². The van der Waals surface area contributed by atoms with Crippen molar-refractivity contribution in [2.24, 2.45) is 5.10 Å². The van der Waals surface area contributed by atoms with Gasteiger partial charge < -0.3 is 0 Å². The van der Waals surface area contributed by atoms with Crippen molar-refractivity contribution in [2.75, 3.05) is 5.43 Å². The van der Waals surface area contributed by atoms with Gasteiger partial charge in [0, 0.05) is 10.7 Å².